The fraction of sp³-hybridized carbons (Fsp3) is 0.545. The van der Waals surface area contributed by atoms with Crippen LogP contribution in [0.2, 0.25) is 0 Å². The fourth-order valence-electron chi connectivity index (χ4n) is 2.08. The first kappa shape index (κ1) is 9.71. The lowest BCUT2D eigenvalue weighted by Gasteiger charge is -2.00. The Balaban J connectivity index is 2.35. The van der Waals surface area contributed by atoms with Gasteiger partial charge in [-0.3, -0.25) is 4.79 Å². The number of carbonyl (C=O) groups is 1. The summed E-state index contributed by atoms with van der Waals surface area (Å²) in [5.74, 6) is 0.115. The van der Waals surface area contributed by atoms with E-state index in [-0.39, 0.29) is 5.91 Å². The molecule has 0 aromatic carbocycles. The zero-order chi connectivity index (χ0) is 10.1. The van der Waals surface area contributed by atoms with Crippen molar-refractivity contribution >= 4 is 17.2 Å². The van der Waals surface area contributed by atoms with E-state index in [2.05, 4.69) is 12.2 Å². The van der Waals surface area contributed by atoms with Gasteiger partial charge in [-0.15, -0.1) is 11.3 Å². The molecule has 1 N–H and O–H groups in total. The monoisotopic (exact) mass is 209 g/mol. The predicted molar refractivity (Wildman–Crippen MR) is 59.1 cm³/mol. The van der Waals surface area contributed by atoms with Crippen LogP contribution in [0.25, 0.3) is 0 Å². The Labute approximate surface area is 88.3 Å². The largest absolute Gasteiger partial charge is 0.352 e. The van der Waals surface area contributed by atoms with E-state index in [1.807, 2.05) is 6.92 Å². The van der Waals surface area contributed by atoms with E-state index in [0.717, 1.165) is 17.7 Å². The number of amides is 1. The fourth-order valence-corrected chi connectivity index (χ4v) is 3.25. The van der Waals surface area contributed by atoms with Gasteiger partial charge < -0.3 is 5.32 Å². The Bertz CT molecular complexity index is 368. The molecule has 0 unspecified atom stereocenters. The van der Waals surface area contributed by atoms with Gasteiger partial charge >= 0.3 is 0 Å². The smallest absolute Gasteiger partial charge is 0.261 e. The van der Waals surface area contributed by atoms with Crippen LogP contribution in [0.15, 0.2) is 0 Å². The van der Waals surface area contributed by atoms with Gasteiger partial charge in [0, 0.05) is 11.4 Å². The molecule has 0 atom stereocenters. The van der Waals surface area contributed by atoms with Crippen molar-refractivity contribution in [2.24, 2.45) is 0 Å². The van der Waals surface area contributed by atoms with Gasteiger partial charge in [0.1, 0.15) is 0 Å². The van der Waals surface area contributed by atoms with Gasteiger partial charge in [0.25, 0.3) is 5.91 Å². The van der Waals surface area contributed by atoms with Crippen LogP contribution in [0.4, 0.5) is 0 Å². The van der Waals surface area contributed by atoms with Crippen molar-refractivity contribution < 1.29 is 4.79 Å². The second-order valence-electron chi connectivity index (χ2n) is 3.66. The Hall–Kier alpha value is -0.830. The minimum Gasteiger partial charge on any atom is -0.352 e. The summed E-state index contributed by atoms with van der Waals surface area (Å²) in [5.41, 5.74) is 2.76. The molecule has 1 aromatic rings. The van der Waals surface area contributed by atoms with Crippen molar-refractivity contribution in [1.29, 1.82) is 0 Å². The first-order valence-corrected chi connectivity index (χ1v) is 5.95. The van der Waals surface area contributed by atoms with Gasteiger partial charge in [-0.25, -0.2) is 0 Å². The molecular weight excluding hydrogens is 194 g/mol. The molecule has 0 bridgehead atoms. The molecule has 1 heterocycles. The summed E-state index contributed by atoms with van der Waals surface area (Å²) in [6.07, 6.45) is 3.47. The number of nitrogens with one attached hydrogen (secondary N) is 1. The Morgan fingerprint density at radius 1 is 1.43 bits per heavy atom. The molecule has 0 spiro atoms. The molecule has 3 heteroatoms. The Kier molecular flexibility index (Phi) is 2.59. The van der Waals surface area contributed by atoms with Crippen LogP contribution in [0.3, 0.4) is 0 Å². The summed E-state index contributed by atoms with van der Waals surface area (Å²) in [4.78, 5) is 14.0. The van der Waals surface area contributed by atoms with Crippen molar-refractivity contribution in [3.8, 4) is 0 Å². The van der Waals surface area contributed by atoms with Crippen LogP contribution in [0, 0.1) is 6.92 Å². The van der Waals surface area contributed by atoms with E-state index in [0.29, 0.717) is 6.54 Å². The van der Waals surface area contributed by atoms with E-state index in [1.54, 1.807) is 11.3 Å². The average molecular weight is 209 g/mol. The first-order valence-electron chi connectivity index (χ1n) is 5.13. The van der Waals surface area contributed by atoms with Gasteiger partial charge in [-0.2, -0.15) is 0 Å². The third-order valence-corrected chi connectivity index (χ3v) is 3.90. The summed E-state index contributed by atoms with van der Waals surface area (Å²) >= 11 is 1.65. The number of rotatable bonds is 2. The van der Waals surface area contributed by atoms with E-state index in [1.165, 1.54) is 22.4 Å². The lowest BCUT2D eigenvalue weighted by atomic mass is 10.1. The van der Waals surface area contributed by atoms with Crippen LogP contribution in [0.1, 0.15) is 39.0 Å². The first-order chi connectivity index (χ1) is 6.74. The molecule has 14 heavy (non-hydrogen) atoms. The minimum atomic E-state index is 0.115. The van der Waals surface area contributed by atoms with Gasteiger partial charge in [0.2, 0.25) is 0 Å². The van der Waals surface area contributed by atoms with Crippen LogP contribution in [-0.4, -0.2) is 12.5 Å². The second-order valence-corrected chi connectivity index (χ2v) is 4.88. The van der Waals surface area contributed by atoms with Crippen LogP contribution >= 0.6 is 11.3 Å². The summed E-state index contributed by atoms with van der Waals surface area (Å²) in [6, 6.07) is 0. The summed E-state index contributed by atoms with van der Waals surface area (Å²) in [6.45, 7) is 4.79. The third kappa shape index (κ3) is 1.46. The SMILES string of the molecule is CCNC(=O)c1sc(C)c2c1CCC2. The Morgan fingerprint density at radius 3 is 2.86 bits per heavy atom. The van der Waals surface area contributed by atoms with Crippen LogP contribution in [0.5, 0.6) is 0 Å². The summed E-state index contributed by atoms with van der Waals surface area (Å²) < 4.78 is 0. The zero-order valence-corrected chi connectivity index (χ0v) is 9.46. The lowest BCUT2D eigenvalue weighted by molar-refractivity contribution is 0.0959. The number of fused-ring (bicyclic) bond motifs is 1. The maximum atomic E-state index is 11.7. The maximum Gasteiger partial charge on any atom is 0.261 e. The molecule has 0 saturated heterocycles. The summed E-state index contributed by atoms with van der Waals surface area (Å²) in [7, 11) is 0. The Morgan fingerprint density at radius 2 is 2.14 bits per heavy atom. The van der Waals surface area contributed by atoms with Crippen LogP contribution < -0.4 is 5.32 Å². The van der Waals surface area contributed by atoms with Crippen molar-refractivity contribution in [2.45, 2.75) is 33.1 Å². The molecule has 0 fully saturated rings. The quantitative estimate of drug-likeness (QED) is 0.795. The third-order valence-electron chi connectivity index (χ3n) is 2.72. The highest BCUT2D eigenvalue weighted by atomic mass is 32.1. The molecule has 0 saturated carbocycles. The number of thiophene rings is 1. The molecular formula is C11H15NOS. The lowest BCUT2D eigenvalue weighted by Crippen LogP contribution is -2.22. The molecule has 0 radical (unpaired) electrons. The highest BCUT2D eigenvalue weighted by Crippen LogP contribution is 2.34. The molecule has 1 aliphatic rings. The maximum absolute atomic E-state index is 11.7. The summed E-state index contributed by atoms with van der Waals surface area (Å²) in [5, 5.41) is 2.88. The normalized spacial score (nSPS) is 14.1. The number of carbonyl (C=O) groups excluding carboxylic acids is 1. The molecule has 0 aliphatic heterocycles. The predicted octanol–water partition coefficient (Wildman–Crippen LogP) is 2.29. The van der Waals surface area contributed by atoms with E-state index in [4.69, 9.17) is 0 Å². The van der Waals surface area contributed by atoms with E-state index < -0.39 is 0 Å². The topological polar surface area (TPSA) is 29.1 Å². The second kappa shape index (κ2) is 3.73. The standard InChI is InChI=1S/C11H15NOS/c1-3-12-11(13)10-9-6-4-5-8(9)7(2)14-10/h3-6H2,1-2H3,(H,12,13). The van der Waals surface area contributed by atoms with Crippen molar-refractivity contribution in [1.82, 2.24) is 5.32 Å². The van der Waals surface area contributed by atoms with Gasteiger partial charge in [-0.05, 0) is 44.2 Å². The van der Waals surface area contributed by atoms with Gasteiger partial charge in [0.15, 0.2) is 0 Å². The number of hydrogen-bond acceptors (Lipinski definition) is 2. The van der Waals surface area contributed by atoms with E-state index in [9.17, 15) is 4.79 Å². The molecule has 1 aliphatic carbocycles. The molecule has 76 valence electrons. The molecule has 2 nitrogen and oxygen atoms in total. The zero-order valence-electron chi connectivity index (χ0n) is 8.64. The molecule has 1 amide bonds. The van der Waals surface area contributed by atoms with Gasteiger partial charge in [0.05, 0.1) is 4.88 Å². The average Bonchev–Trinajstić information content (AvgIpc) is 2.70. The molecule has 2 rings (SSSR count). The van der Waals surface area contributed by atoms with E-state index >= 15 is 0 Å². The van der Waals surface area contributed by atoms with Crippen LogP contribution in [-0.2, 0) is 12.8 Å². The number of aryl methyl sites for hydroxylation is 1. The van der Waals surface area contributed by atoms with Crippen molar-refractivity contribution in [3.05, 3.63) is 20.9 Å². The highest BCUT2D eigenvalue weighted by molar-refractivity contribution is 7.14. The minimum absolute atomic E-state index is 0.115. The van der Waals surface area contributed by atoms with Gasteiger partial charge in [-0.1, -0.05) is 0 Å². The molecule has 1 aromatic heterocycles. The van der Waals surface area contributed by atoms with Crippen molar-refractivity contribution in [3.63, 3.8) is 0 Å². The number of hydrogen-bond donors (Lipinski definition) is 1. The highest BCUT2D eigenvalue weighted by Gasteiger charge is 2.23. The van der Waals surface area contributed by atoms with Crippen molar-refractivity contribution in [2.75, 3.05) is 6.54 Å².